The van der Waals surface area contributed by atoms with Crippen LogP contribution in [0.2, 0.25) is 0 Å². The van der Waals surface area contributed by atoms with Crippen LogP contribution < -0.4 is 5.32 Å². The van der Waals surface area contributed by atoms with Gasteiger partial charge < -0.3 is 9.88 Å². The van der Waals surface area contributed by atoms with Crippen molar-refractivity contribution in [3.8, 4) is 0 Å². The van der Waals surface area contributed by atoms with E-state index >= 15 is 0 Å². The minimum Gasteiger partial charge on any atom is -0.347 e. The Bertz CT molecular complexity index is 981. The van der Waals surface area contributed by atoms with Gasteiger partial charge in [0.1, 0.15) is 17.5 Å². The Morgan fingerprint density at radius 3 is 2.96 bits per heavy atom. The van der Waals surface area contributed by atoms with Crippen molar-refractivity contribution in [2.45, 2.75) is 39.3 Å². The van der Waals surface area contributed by atoms with Crippen molar-refractivity contribution in [3.63, 3.8) is 0 Å². The number of carbonyl (C=O) groups is 1. The number of pyridine rings is 1. The first-order chi connectivity index (χ1) is 12.0. The zero-order chi connectivity index (χ0) is 17.6. The number of benzene rings is 1. The van der Waals surface area contributed by atoms with Crippen LogP contribution in [0.5, 0.6) is 0 Å². The highest BCUT2D eigenvalue weighted by Crippen LogP contribution is 2.19. The topological polar surface area (TPSA) is 72.7 Å². The van der Waals surface area contributed by atoms with E-state index in [1.807, 2.05) is 11.5 Å². The molecule has 0 spiro atoms. The average molecular weight is 339 g/mol. The minimum absolute atomic E-state index is 0.0259. The van der Waals surface area contributed by atoms with E-state index < -0.39 is 0 Å². The second kappa shape index (κ2) is 5.91. The van der Waals surface area contributed by atoms with Crippen molar-refractivity contribution in [3.05, 3.63) is 53.0 Å². The summed E-state index contributed by atoms with van der Waals surface area (Å²) in [5, 5.41) is 12.1. The molecule has 1 aromatic carbocycles. The number of fused-ring (bicyclic) bond motifs is 2. The first kappa shape index (κ1) is 15.7. The van der Waals surface area contributed by atoms with Crippen LogP contribution in [-0.2, 0) is 13.0 Å². The number of rotatable bonds is 2. The molecule has 25 heavy (non-hydrogen) atoms. The lowest BCUT2D eigenvalue weighted by molar-refractivity contribution is 0.0926. The number of aryl methyl sites for hydroxylation is 3. The second-order valence-electron chi connectivity index (χ2n) is 6.44. The quantitative estimate of drug-likeness (QED) is 0.778. The summed E-state index contributed by atoms with van der Waals surface area (Å²) in [6.45, 7) is 4.35. The van der Waals surface area contributed by atoms with Crippen molar-refractivity contribution in [2.75, 3.05) is 0 Å². The monoisotopic (exact) mass is 339 g/mol. The molecule has 0 unspecified atom stereocenters. The molecular formula is C18H18FN5O. The van der Waals surface area contributed by atoms with E-state index in [9.17, 15) is 9.18 Å². The van der Waals surface area contributed by atoms with Gasteiger partial charge >= 0.3 is 0 Å². The van der Waals surface area contributed by atoms with Gasteiger partial charge in [0.2, 0.25) is 0 Å². The third-order valence-electron chi connectivity index (χ3n) is 4.68. The Kier molecular flexibility index (Phi) is 3.71. The number of nitrogens with one attached hydrogen (secondary N) is 1. The molecule has 2 aromatic heterocycles. The molecule has 0 fully saturated rings. The summed E-state index contributed by atoms with van der Waals surface area (Å²) >= 11 is 0. The lowest BCUT2D eigenvalue weighted by Crippen LogP contribution is -2.41. The number of nitrogens with zero attached hydrogens (tertiary/aromatic N) is 4. The maximum absolute atomic E-state index is 13.3. The average Bonchev–Trinajstić information content (AvgIpc) is 2.95. The van der Waals surface area contributed by atoms with Crippen molar-refractivity contribution in [1.82, 2.24) is 25.1 Å². The summed E-state index contributed by atoms with van der Waals surface area (Å²) in [6.07, 6.45) is 1.62. The van der Waals surface area contributed by atoms with E-state index in [0.29, 0.717) is 23.3 Å². The highest BCUT2D eigenvalue weighted by atomic mass is 19.1. The van der Waals surface area contributed by atoms with Gasteiger partial charge in [0.15, 0.2) is 0 Å². The van der Waals surface area contributed by atoms with Gasteiger partial charge in [-0.3, -0.25) is 9.78 Å². The molecule has 0 aliphatic carbocycles. The zero-order valence-electron chi connectivity index (χ0n) is 14.1. The van der Waals surface area contributed by atoms with E-state index in [1.54, 1.807) is 19.1 Å². The molecule has 3 aromatic rings. The van der Waals surface area contributed by atoms with Crippen molar-refractivity contribution in [2.24, 2.45) is 0 Å². The number of amides is 1. The SMILES string of the molecule is Cc1nc2cc(F)ccc2cc1C(=O)N[C@H]1CCc2nnc(C)n2C1. The molecule has 3 heterocycles. The summed E-state index contributed by atoms with van der Waals surface area (Å²) in [4.78, 5) is 17.1. The standard InChI is InChI=1S/C18H18FN5O/c1-10-15(7-12-3-4-13(19)8-16(12)20-10)18(25)21-14-5-6-17-23-22-11(2)24(17)9-14/h3-4,7-8,14H,5-6,9H2,1-2H3,(H,21,25)/t14-/m0/s1. The Hall–Kier alpha value is -2.83. The van der Waals surface area contributed by atoms with Gasteiger partial charge in [0, 0.05) is 30.5 Å². The molecule has 0 radical (unpaired) electrons. The van der Waals surface area contributed by atoms with E-state index in [2.05, 4.69) is 20.5 Å². The maximum Gasteiger partial charge on any atom is 0.253 e. The molecule has 0 saturated heterocycles. The molecule has 4 rings (SSSR count). The molecule has 1 atom stereocenters. The lowest BCUT2D eigenvalue weighted by Gasteiger charge is -2.25. The Morgan fingerprint density at radius 1 is 1.28 bits per heavy atom. The molecule has 0 saturated carbocycles. The van der Waals surface area contributed by atoms with Crippen LogP contribution in [0.3, 0.4) is 0 Å². The van der Waals surface area contributed by atoms with Gasteiger partial charge in [-0.2, -0.15) is 0 Å². The first-order valence-electron chi connectivity index (χ1n) is 8.28. The largest absolute Gasteiger partial charge is 0.347 e. The Labute approximate surface area is 144 Å². The van der Waals surface area contributed by atoms with E-state index in [-0.39, 0.29) is 17.8 Å². The second-order valence-corrected chi connectivity index (χ2v) is 6.44. The van der Waals surface area contributed by atoms with Crippen LogP contribution >= 0.6 is 0 Å². The van der Waals surface area contributed by atoms with Gasteiger partial charge in [-0.05, 0) is 38.5 Å². The van der Waals surface area contributed by atoms with E-state index in [1.165, 1.54) is 12.1 Å². The van der Waals surface area contributed by atoms with Gasteiger partial charge in [-0.25, -0.2) is 4.39 Å². The van der Waals surface area contributed by atoms with Crippen molar-refractivity contribution in [1.29, 1.82) is 0 Å². The summed E-state index contributed by atoms with van der Waals surface area (Å²) in [7, 11) is 0. The van der Waals surface area contributed by atoms with Crippen molar-refractivity contribution < 1.29 is 9.18 Å². The molecule has 1 amide bonds. The fourth-order valence-electron chi connectivity index (χ4n) is 3.31. The van der Waals surface area contributed by atoms with Crippen LogP contribution in [0.25, 0.3) is 10.9 Å². The smallest absolute Gasteiger partial charge is 0.253 e. The molecule has 0 bridgehead atoms. The number of hydrogen-bond donors (Lipinski definition) is 1. The Morgan fingerprint density at radius 2 is 2.12 bits per heavy atom. The normalized spacial score (nSPS) is 16.7. The van der Waals surface area contributed by atoms with Crippen LogP contribution in [0.15, 0.2) is 24.3 Å². The number of carbonyl (C=O) groups excluding carboxylic acids is 1. The number of halogens is 1. The maximum atomic E-state index is 13.3. The zero-order valence-corrected chi connectivity index (χ0v) is 14.1. The highest BCUT2D eigenvalue weighted by Gasteiger charge is 2.24. The molecule has 1 N–H and O–H groups in total. The summed E-state index contributed by atoms with van der Waals surface area (Å²) in [5.41, 5.74) is 1.66. The van der Waals surface area contributed by atoms with Crippen LogP contribution in [0.4, 0.5) is 4.39 Å². The molecule has 128 valence electrons. The number of aromatic nitrogens is 4. The van der Waals surface area contributed by atoms with Gasteiger partial charge in [-0.1, -0.05) is 0 Å². The summed E-state index contributed by atoms with van der Waals surface area (Å²) in [5.74, 6) is 1.34. The molecule has 6 nitrogen and oxygen atoms in total. The first-order valence-corrected chi connectivity index (χ1v) is 8.28. The van der Waals surface area contributed by atoms with E-state index in [4.69, 9.17) is 0 Å². The van der Waals surface area contributed by atoms with Crippen LogP contribution in [0.1, 0.15) is 34.1 Å². The minimum atomic E-state index is -0.334. The van der Waals surface area contributed by atoms with Gasteiger partial charge in [0.05, 0.1) is 16.8 Å². The number of hydrogen-bond acceptors (Lipinski definition) is 4. The third kappa shape index (κ3) is 2.86. The summed E-state index contributed by atoms with van der Waals surface area (Å²) in [6, 6.07) is 6.18. The molecule has 7 heteroatoms. The lowest BCUT2D eigenvalue weighted by atomic mass is 10.0. The fourth-order valence-corrected chi connectivity index (χ4v) is 3.31. The van der Waals surface area contributed by atoms with Gasteiger partial charge in [-0.15, -0.1) is 10.2 Å². The Balaban J connectivity index is 1.57. The van der Waals surface area contributed by atoms with Gasteiger partial charge in [0.25, 0.3) is 5.91 Å². The van der Waals surface area contributed by atoms with Crippen LogP contribution in [-0.4, -0.2) is 31.7 Å². The third-order valence-corrected chi connectivity index (χ3v) is 4.68. The molecule has 1 aliphatic rings. The predicted molar refractivity (Wildman–Crippen MR) is 90.8 cm³/mol. The van der Waals surface area contributed by atoms with E-state index in [0.717, 1.165) is 29.9 Å². The summed E-state index contributed by atoms with van der Waals surface area (Å²) < 4.78 is 15.4. The highest BCUT2D eigenvalue weighted by molar-refractivity contribution is 5.98. The van der Waals surface area contributed by atoms with Crippen molar-refractivity contribution >= 4 is 16.8 Å². The van der Waals surface area contributed by atoms with Crippen LogP contribution in [0, 0.1) is 19.7 Å². The predicted octanol–water partition coefficient (Wildman–Crippen LogP) is 2.33. The molecular weight excluding hydrogens is 321 g/mol. The fraction of sp³-hybridized carbons (Fsp3) is 0.333. The molecule has 1 aliphatic heterocycles.